The molecule has 2 rings (SSSR count). The molecule has 2 heterocycles. The summed E-state index contributed by atoms with van der Waals surface area (Å²) < 4.78 is 5.22. The van der Waals surface area contributed by atoms with Crippen molar-refractivity contribution in [3.05, 3.63) is 33.8 Å². The topological polar surface area (TPSA) is 63.1 Å². The highest BCUT2D eigenvalue weighted by Gasteiger charge is 2.05. The highest BCUT2D eigenvalue weighted by molar-refractivity contribution is 8.00. The van der Waals surface area contributed by atoms with Crippen LogP contribution in [0.1, 0.15) is 23.2 Å². The summed E-state index contributed by atoms with van der Waals surface area (Å²) in [5.41, 5.74) is 0.925. The van der Waals surface area contributed by atoms with E-state index in [1.807, 2.05) is 18.4 Å². The smallest absolute Gasteiger partial charge is 0.328 e. The fourth-order valence-electron chi connectivity index (χ4n) is 1.30. The van der Waals surface area contributed by atoms with E-state index < -0.39 is 5.97 Å². The Labute approximate surface area is 123 Å². The lowest BCUT2D eigenvalue weighted by atomic mass is 10.3. The second-order valence-electron chi connectivity index (χ2n) is 3.64. The number of thiophene rings is 1. The average molecular weight is 312 g/mol. The number of rotatable bonds is 6. The van der Waals surface area contributed by atoms with Gasteiger partial charge < -0.3 is 5.11 Å². The molecule has 0 saturated carbocycles. The van der Waals surface area contributed by atoms with Gasteiger partial charge in [-0.15, -0.1) is 11.3 Å². The summed E-state index contributed by atoms with van der Waals surface area (Å²) in [5.74, 6) is 0.802. The third kappa shape index (κ3) is 4.45. The minimum atomic E-state index is -0.928. The van der Waals surface area contributed by atoms with Gasteiger partial charge in [-0.05, 0) is 34.6 Å². The molecule has 1 N–H and O–H groups in total. The van der Waals surface area contributed by atoms with E-state index >= 15 is 0 Å². The summed E-state index contributed by atoms with van der Waals surface area (Å²) in [5, 5.41) is 10.5. The van der Waals surface area contributed by atoms with E-state index in [0.717, 1.165) is 34.0 Å². The van der Waals surface area contributed by atoms with Gasteiger partial charge in [0.25, 0.3) is 0 Å². The van der Waals surface area contributed by atoms with Gasteiger partial charge in [-0.2, -0.15) is 4.37 Å². The van der Waals surface area contributed by atoms with Crippen molar-refractivity contribution in [3.8, 4) is 0 Å². The quantitative estimate of drug-likeness (QED) is 0.653. The molecule has 2 aromatic heterocycles. The molecule has 0 spiro atoms. The molecule has 4 nitrogen and oxygen atoms in total. The number of hydrogen-bond donors (Lipinski definition) is 1. The van der Waals surface area contributed by atoms with Crippen LogP contribution >= 0.6 is 34.6 Å². The largest absolute Gasteiger partial charge is 0.478 e. The molecule has 0 amide bonds. The summed E-state index contributed by atoms with van der Waals surface area (Å²) in [6, 6.07) is 2.00. The first-order valence-electron chi connectivity index (χ1n) is 5.61. The summed E-state index contributed by atoms with van der Waals surface area (Å²) in [4.78, 5) is 16.0. The Bertz CT molecular complexity index is 589. The van der Waals surface area contributed by atoms with Gasteiger partial charge in [-0.3, -0.25) is 0 Å². The summed E-state index contributed by atoms with van der Waals surface area (Å²) >= 11 is 4.72. The molecule has 0 saturated heterocycles. The number of nitrogens with zero attached hydrogens (tertiary/aromatic N) is 2. The number of carboxylic acid groups (broad SMARTS) is 1. The van der Waals surface area contributed by atoms with Gasteiger partial charge in [-0.1, -0.05) is 18.7 Å². The number of aromatic nitrogens is 2. The van der Waals surface area contributed by atoms with Crippen LogP contribution in [0.3, 0.4) is 0 Å². The molecule has 19 heavy (non-hydrogen) atoms. The molecule has 0 aliphatic rings. The third-order valence-electron chi connectivity index (χ3n) is 2.20. The second-order valence-corrected chi connectivity index (χ2v) is 6.61. The van der Waals surface area contributed by atoms with Gasteiger partial charge in [0.15, 0.2) is 4.34 Å². The van der Waals surface area contributed by atoms with Crippen LogP contribution in [0.15, 0.2) is 21.9 Å². The minimum Gasteiger partial charge on any atom is -0.478 e. The van der Waals surface area contributed by atoms with Crippen molar-refractivity contribution in [2.45, 2.75) is 23.4 Å². The van der Waals surface area contributed by atoms with Gasteiger partial charge in [0.05, 0.1) is 0 Å². The number of aryl methyl sites for hydroxylation is 1. The number of aliphatic carboxylic acids is 1. The Hall–Kier alpha value is -1.18. The van der Waals surface area contributed by atoms with E-state index in [4.69, 9.17) is 5.11 Å². The van der Waals surface area contributed by atoms with Crippen LogP contribution in [0.5, 0.6) is 0 Å². The van der Waals surface area contributed by atoms with Crippen molar-refractivity contribution in [1.29, 1.82) is 0 Å². The molecule has 2 aromatic rings. The molecule has 0 aliphatic carbocycles. The van der Waals surface area contributed by atoms with E-state index in [1.54, 1.807) is 29.2 Å². The Morgan fingerprint density at radius 3 is 3.11 bits per heavy atom. The minimum absolute atomic E-state index is 0.837. The lowest BCUT2D eigenvalue weighted by molar-refractivity contribution is -0.131. The maximum absolute atomic E-state index is 10.4. The SMILES string of the molecule is CCc1nsc(SCc2cc(C=CC(=O)O)cs2)n1. The summed E-state index contributed by atoms with van der Waals surface area (Å²) in [7, 11) is 0. The van der Waals surface area contributed by atoms with Crippen molar-refractivity contribution in [2.75, 3.05) is 0 Å². The van der Waals surface area contributed by atoms with Gasteiger partial charge in [0, 0.05) is 23.1 Å². The van der Waals surface area contributed by atoms with Crippen LogP contribution in [-0.2, 0) is 17.0 Å². The Morgan fingerprint density at radius 2 is 2.42 bits per heavy atom. The van der Waals surface area contributed by atoms with Crippen molar-refractivity contribution >= 4 is 46.7 Å². The van der Waals surface area contributed by atoms with Crippen molar-refractivity contribution in [2.24, 2.45) is 0 Å². The molecule has 100 valence electrons. The van der Waals surface area contributed by atoms with Crippen molar-refractivity contribution in [1.82, 2.24) is 9.36 Å². The van der Waals surface area contributed by atoms with Crippen LogP contribution in [0, 0.1) is 0 Å². The first kappa shape index (κ1) is 14.2. The van der Waals surface area contributed by atoms with Gasteiger partial charge in [0.2, 0.25) is 0 Å². The fraction of sp³-hybridized carbons (Fsp3) is 0.250. The van der Waals surface area contributed by atoms with E-state index in [1.165, 1.54) is 16.4 Å². The lowest BCUT2D eigenvalue weighted by Crippen LogP contribution is -1.84. The van der Waals surface area contributed by atoms with Crippen molar-refractivity contribution in [3.63, 3.8) is 0 Å². The van der Waals surface area contributed by atoms with E-state index in [-0.39, 0.29) is 0 Å². The van der Waals surface area contributed by atoms with Crippen LogP contribution in [0.4, 0.5) is 0 Å². The Kier molecular flexibility index (Phi) is 5.12. The number of carbonyl (C=O) groups is 1. The third-order valence-corrected chi connectivity index (χ3v) is 5.25. The van der Waals surface area contributed by atoms with Gasteiger partial charge in [0.1, 0.15) is 5.82 Å². The molecule has 0 radical (unpaired) electrons. The zero-order valence-electron chi connectivity index (χ0n) is 10.2. The second kappa shape index (κ2) is 6.83. The molecule has 0 aliphatic heterocycles. The molecule has 0 atom stereocenters. The number of carboxylic acids is 1. The van der Waals surface area contributed by atoms with Gasteiger partial charge in [-0.25, -0.2) is 9.78 Å². The summed E-state index contributed by atoms with van der Waals surface area (Å²) in [6.45, 7) is 2.04. The normalized spacial score (nSPS) is 11.2. The predicted molar refractivity (Wildman–Crippen MR) is 79.8 cm³/mol. The highest BCUT2D eigenvalue weighted by Crippen LogP contribution is 2.27. The van der Waals surface area contributed by atoms with Crippen LogP contribution in [0.25, 0.3) is 6.08 Å². The molecular formula is C12H12N2O2S3. The van der Waals surface area contributed by atoms with Crippen molar-refractivity contribution < 1.29 is 9.90 Å². The highest BCUT2D eigenvalue weighted by atomic mass is 32.2. The maximum Gasteiger partial charge on any atom is 0.328 e. The molecule has 7 heteroatoms. The monoisotopic (exact) mass is 312 g/mol. The molecular weight excluding hydrogens is 300 g/mol. The zero-order chi connectivity index (χ0) is 13.7. The lowest BCUT2D eigenvalue weighted by Gasteiger charge is -1.92. The molecule has 0 unspecified atom stereocenters. The maximum atomic E-state index is 10.4. The van der Waals surface area contributed by atoms with Crippen LogP contribution in [0.2, 0.25) is 0 Å². The fourth-order valence-corrected chi connectivity index (χ4v) is 3.91. The molecule has 0 aromatic carbocycles. The molecule has 0 bridgehead atoms. The first-order chi connectivity index (χ1) is 9.17. The zero-order valence-corrected chi connectivity index (χ0v) is 12.6. The number of hydrogen-bond acceptors (Lipinski definition) is 6. The van der Waals surface area contributed by atoms with E-state index in [2.05, 4.69) is 9.36 Å². The van der Waals surface area contributed by atoms with E-state index in [0.29, 0.717) is 0 Å². The predicted octanol–water partition coefficient (Wildman–Crippen LogP) is 3.55. The standard InChI is InChI=1S/C12H12N2O2S3/c1-2-10-13-12(19-14-10)18-7-9-5-8(6-17-9)3-4-11(15)16/h3-6H,2,7H2,1H3,(H,15,16). The first-order valence-corrected chi connectivity index (χ1v) is 8.25. The average Bonchev–Trinajstić information content (AvgIpc) is 3.03. The Balaban J connectivity index is 1.91. The van der Waals surface area contributed by atoms with E-state index in [9.17, 15) is 4.79 Å². The number of thioether (sulfide) groups is 1. The van der Waals surface area contributed by atoms with Crippen LogP contribution in [-0.4, -0.2) is 20.4 Å². The van der Waals surface area contributed by atoms with Crippen LogP contribution < -0.4 is 0 Å². The van der Waals surface area contributed by atoms with Gasteiger partial charge >= 0.3 is 5.97 Å². The summed E-state index contributed by atoms with van der Waals surface area (Å²) in [6.07, 6.45) is 3.62. The molecule has 0 fully saturated rings. The Morgan fingerprint density at radius 1 is 1.58 bits per heavy atom.